The number of carbonyl (C=O) groups is 1. The molecule has 7 heteroatoms. The molecule has 2 aromatic rings. The van der Waals surface area contributed by atoms with E-state index in [1.165, 1.54) is 0 Å². The Kier molecular flexibility index (Phi) is 5.33. The fourth-order valence-corrected chi connectivity index (χ4v) is 3.29. The third-order valence-corrected chi connectivity index (χ3v) is 4.67. The standard InChI is InChI=1S/C18H25N5O2/c1-12-9-13(2)23(22-12)17-8-7-16(10-19-17)21-18(25)20-15-5-3-14(11-24)4-6-15/h7-10,14-15,24H,3-6,11H2,1-2H3,(H2,20,21,25). The van der Waals surface area contributed by atoms with Gasteiger partial charge in [0, 0.05) is 18.3 Å². The molecule has 3 N–H and O–H groups in total. The lowest BCUT2D eigenvalue weighted by Crippen LogP contribution is -2.40. The van der Waals surface area contributed by atoms with E-state index in [0.717, 1.165) is 42.9 Å². The van der Waals surface area contributed by atoms with Crippen LogP contribution in [0, 0.1) is 19.8 Å². The van der Waals surface area contributed by atoms with Crippen LogP contribution in [0.15, 0.2) is 24.4 Å². The first-order valence-electron chi connectivity index (χ1n) is 8.73. The SMILES string of the molecule is Cc1cc(C)n(-c2ccc(NC(=O)NC3CCC(CO)CC3)cn2)n1. The molecule has 1 fully saturated rings. The van der Waals surface area contributed by atoms with Gasteiger partial charge < -0.3 is 15.7 Å². The minimum Gasteiger partial charge on any atom is -0.396 e. The predicted molar refractivity (Wildman–Crippen MR) is 95.8 cm³/mol. The number of aryl methyl sites for hydroxylation is 2. The number of aliphatic hydroxyl groups excluding tert-OH is 1. The van der Waals surface area contributed by atoms with Crippen molar-refractivity contribution < 1.29 is 9.90 Å². The summed E-state index contributed by atoms with van der Waals surface area (Å²) in [6.07, 6.45) is 5.37. The summed E-state index contributed by atoms with van der Waals surface area (Å²) in [5.74, 6) is 1.10. The number of rotatable bonds is 4. The number of pyridine rings is 1. The van der Waals surface area contributed by atoms with Crippen molar-refractivity contribution in [2.24, 2.45) is 5.92 Å². The van der Waals surface area contributed by atoms with E-state index in [0.29, 0.717) is 11.6 Å². The van der Waals surface area contributed by atoms with Crippen LogP contribution in [0.4, 0.5) is 10.5 Å². The van der Waals surface area contributed by atoms with E-state index in [9.17, 15) is 4.79 Å². The summed E-state index contributed by atoms with van der Waals surface area (Å²) in [5, 5.41) is 19.4. The molecular weight excluding hydrogens is 318 g/mol. The molecule has 3 rings (SSSR count). The maximum atomic E-state index is 12.1. The van der Waals surface area contributed by atoms with Crippen molar-refractivity contribution >= 4 is 11.7 Å². The second-order valence-corrected chi connectivity index (χ2v) is 6.74. The molecule has 25 heavy (non-hydrogen) atoms. The molecule has 1 saturated carbocycles. The van der Waals surface area contributed by atoms with Crippen LogP contribution >= 0.6 is 0 Å². The molecule has 2 heterocycles. The molecule has 1 aliphatic carbocycles. The van der Waals surface area contributed by atoms with Crippen molar-refractivity contribution in [3.63, 3.8) is 0 Å². The number of aromatic nitrogens is 3. The quantitative estimate of drug-likeness (QED) is 0.795. The molecule has 2 amide bonds. The molecule has 1 aliphatic rings. The zero-order valence-electron chi connectivity index (χ0n) is 14.7. The Bertz CT molecular complexity index is 718. The first kappa shape index (κ1) is 17.4. The van der Waals surface area contributed by atoms with Gasteiger partial charge in [-0.3, -0.25) is 0 Å². The van der Waals surface area contributed by atoms with Gasteiger partial charge in [-0.1, -0.05) is 0 Å². The molecule has 0 saturated heterocycles. The summed E-state index contributed by atoms with van der Waals surface area (Å²) >= 11 is 0. The zero-order chi connectivity index (χ0) is 17.8. The van der Waals surface area contributed by atoms with Crippen molar-refractivity contribution in [3.05, 3.63) is 35.8 Å². The van der Waals surface area contributed by atoms with E-state index in [2.05, 4.69) is 20.7 Å². The zero-order valence-corrected chi connectivity index (χ0v) is 14.7. The highest BCUT2D eigenvalue weighted by Crippen LogP contribution is 2.23. The highest BCUT2D eigenvalue weighted by Gasteiger charge is 2.21. The highest BCUT2D eigenvalue weighted by atomic mass is 16.3. The number of hydrogen-bond acceptors (Lipinski definition) is 4. The minimum atomic E-state index is -0.215. The van der Waals surface area contributed by atoms with Crippen molar-refractivity contribution in [2.45, 2.75) is 45.6 Å². The van der Waals surface area contributed by atoms with Crippen LogP contribution in [0.5, 0.6) is 0 Å². The third-order valence-electron chi connectivity index (χ3n) is 4.67. The molecule has 7 nitrogen and oxygen atoms in total. The molecule has 0 atom stereocenters. The van der Waals surface area contributed by atoms with Crippen molar-refractivity contribution in [1.82, 2.24) is 20.1 Å². The van der Waals surface area contributed by atoms with Gasteiger partial charge in [-0.15, -0.1) is 0 Å². The van der Waals surface area contributed by atoms with Crippen LogP contribution < -0.4 is 10.6 Å². The first-order valence-corrected chi connectivity index (χ1v) is 8.73. The Labute approximate surface area is 147 Å². The summed E-state index contributed by atoms with van der Waals surface area (Å²) in [6, 6.07) is 5.60. The fraction of sp³-hybridized carbons (Fsp3) is 0.500. The van der Waals surface area contributed by atoms with E-state index in [1.54, 1.807) is 10.9 Å². The van der Waals surface area contributed by atoms with Gasteiger partial charge in [-0.2, -0.15) is 5.10 Å². The molecule has 0 radical (unpaired) electrons. The molecule has 0 aromatic carbocycles. The van der Waals surface area contributed by atoms with Crippen LogP contribution in [-0.2, 0) is 0 Å². The second-order valence-electron chi connectivity index (χ2n) is 6.74. The number of hydrogen-bond donors (Lipinski definition) is 3. The Morgan fingerprint density at radius 2 is 2.04 bits per heavy atom. The Morgan fingerprint density at radius 1 is 1.28 bits per heavy atom. The van der Waals surface area contributed by atoms with Gasteiger partial charge in [-0.25, -0.2) is 14.5 Å². The lowest BCUT2D eigenvalue weighted by molar-refractivity contribution is 0.176. The summed E-state index contributed by atoms with van der Waals surface area (Å²) in [4.78, 5) is 16.5. The molecule has 0 aliphatic heterocycles. The lowest BCUT2D eigenvalue weighted by atomic mass is 9.87. The van der Waals surface area contributed by atoms with E-state index in [-0.39, 0.29) is 18.7 Å². The maximum absolute atomic E-state index is 12.1. The molecule has 2 aromatic heterocycles. The van der Waals surface area contributed by atoms with E-state index < -0.39 is 0 Å². The monoisotopic (exact) mass is 343 g/mol. The van der Waals surface area contributed by atoms with Gasteiger partial charge in [0.15, 0.2) is 5.82 Å². The van der Waals surface area contributed by atoms with Gasteiger partial charge in [0.25, 0.3) is 0 Å². The van der Waals surface area contributed by atoms with Gasteiger partial charge in [0.1, 0.15) is 0 Å². The summed E-state index contributed by atoms with van der Waals surface area (Å²) in [5.41, 5.74) is 2.60. The number of amides is 2. The summed E-state index contributed by atoms with van der Waals surface area (Å²) < 4.78 is 1.78. The van der Waals surface area contributed by atoms with Gasteiger partial charge in [0.2, 0.25) is 0 Å². The first-order chi connectivity index (χ1) is 12.0. The minimum absolute atomic E-state index is 0.171. The number of carbonyl (C=O) groups excluding carboxylic acids is 1. The Morgan fingerprint density at radius 3 is 2.60 bits per heavy atom. The summed E-state index contributed by atoms with van der Waals surface area (Å²) in [6.45, 7) is 4.16. The van der Waals surface area contributed by atoms with E-state index in [1.807, 2.05) is 32.0 Å². The lowest BCUT2D eigenvalue weighted by Gasteiger charge is -2.27. The normalized spacial score (nSPS) is 20.3. The van der Waals surface area contributed by atoms with Gasteiger partial charge in [-0.05, 0) is 63.6 Å². The maximum Gasteiger partial charge on any atom is 0.319 e. The van der Waals surface area contributed by atoms with Crippen LogP contribution in [0.2, 0.25) is 0 Å². The number of urea groups is 1. The number of anilines is 1. The number of nitrogens with zero attached hydrogens (tertiary/aromatic N) is 3. The van der Waals surface area contributed by atoms with Gasteiger partial charge >= 0.3 is 6.03 Å². The number of nitrogens with one attached hydrogen (secondary N) is 2. The van der Waals surface area contributed by atoms with Crippen LogP contribution in [0.1, 0.15) is 37.1 Å². The molecule has 0 unspecified atom stereocenters. The molecular formula is C18H25N5O2. The average molecular weight is 343 g/mol. The van der Waals surface area contributed by atoms with Crippen molar-refractivity contribution in [1.29, 1.82) is 0 Å². The fourth-order valence-electron chi connectivity index (χ4n) is 3.29. The van der Waals surface area contributed by atoms with Crippen molar-refractivity contribution in [2.75, 3.05) is 11.9 Å². The average Bonchev–Trinajstić information content (AvgIpc) is 2.94. The van der Waals surface area contributed by atoms with Crippen LogP contribution in [0.3, 0.4) is 0 Å². The van der Waals surface area contributed by atoms with Crippen LogP contribution in [-0.4, -0.2) is 38.6 Å². The smallest absolute Gasteiger partial charge is 0.319 e. The van der Waals surface area contributed by atoms with Crippen molar-refractivity contribution in [3.8, 4) is 5.82 Å². The Hall–Kier alpha value is -2.41. The van der Waals surface area contributed by atoms with E-state index >= 15 is 0 Å². The topological polar surface area (TPSA) is 92.1 Å². The third kappa shape index (κ3) is 4.36. The highest BCUT2D eigenvalue weighted by molar-refractivity contribution is 5.89. The summed E-state index contributed by atoms with van der Waals surface area (Å²) in [7, 11) is 0. The molecule has 0 bridgehead atoms. The number of aliphatic hydroxyl groups is 1. The molecule has 0 spiro atoms. The second kappa shape index (κ2) is 7.65. The van der Waals surface area contributed by atoms with Gasteiger partial charge in [0.05, 0.1) is 17.6 Å². The predicted octanol–water partition coefficient (Wildman–Crippen LogP) is 2.56. The van der Waals surface area contributed by atoms with Crippen LogP contribution in [0.25, 0.3) is 5.82 Å². The largest absolute Gasteiger partial charge is 0.396 e. The Balaban J connectivity index is 1.54. The van der Waals surface area contributed by atoms with E-state index in [4.69, 9.17) is 5.11 Å². The molecule has 134 valence electrons.